The lowest BCUT2D eigenvalue weighted by atomic mass is 9.99. The number of ketones is 1. The van der Waals surface area contributed by atoms with E-state index >= 15 is 0 Å². The highest BCUT2D eigenvalue weighted by molar-refractivity contribution is 5.80. The average molecular weight is 487 g/mol. The highest BCUT2D eigenvalue weighted by Crippen LogP contribution is 2.10. The van der Waals surface area contributed by atoms with Gasteiger partial charge in [0.1, 0.15) is 5.78 Å². The first-order valence-corrected chi connectivity index (χ1v) is 13.7. The number of carbonyl (C=O) groups is 1. The minimum Gasteiger partial charge on any atom is -0.379 e. The summed E-state index contributed by atoms with van der Waals surface area (Å²) in [6.07, 6.45) is 8.37. The second-order valence-corrected chi connectivity index (χ2v) is 12.2. The number of rotatable bonds is 11. The van der Waals surface area contributed by atoms with Crippen molar-refractivity contribution in [2.45, 2.75) is 144 Å². The summed E-state index contributed by atoms with van der Waals surface area (Å²) in [5.41, 5.74) is 0. The molecule has 0 heterocycles. The number of hydrogen-bond donors (Lipinski definition) is 0. The smallest absolute Gasteiger partial charge is 0.135 e. The van der Waals surface area contributed by atoms with Gasteiger partial charge in [0.15, 0.2) is 0 Å². The molecule has 0 aliphatic heterocycles. The van der Waals surface area contributed by atoms with Gasteiger partial charge in [-0.1, -0.05) is 129 Å². The van der Waals surface area contributed by atoms with Crippen LogP contribution in [-0.4, -0.2) is 18.5 Å². The first-order chi connectivity index (χ1) is 14.9. The third-order valence-corrected chi connectivity index (χ3v) is 4.22. The predicted molar refractivity (Wildman–Crippen MR) is 160 cm³/mol. The summed E-state index contributed by atoms with van der Waals surface area (Å²) >= 11 is 0. The second kappa shape index (κ2) is 28.6. The number of carbonyl (C=O) groups excluding carboxylic acids is 1. The average Bonchev–Trinajstić information content (AvgIpc) is 2.64. The first kappa shape index (κ1) is 43.4. The fourth-order valence-electron chi connectivity index (χ4n) is 2.13. The number of Topliss-reactive ketones (excluding diaryl/α,β-unsaturated/α-hetero) is 1. The third-order valence-electron chi connectivity index (χ3n) is 4.22. The lowest BCUT2D eigenvalue weighted by molar-refractivity contribution is -0.122. The highest BCUT2D eigenvalue weighted by atomic mass is 16.5. The van der Waals surface area contributed by atoms with Crippen LogP contribution in [0, 0.1) is 41.4 Å². The van der Waals surface area contributed by atoms with Gasteiger partial charge in [-0.25, -0.2) is 0 Å². The Balaban J connectivity index is -0.000000109. The number of ether oxygens (including phenoxy) is 1. The van der Waals surface area contributed by atoms with Crippen molar-refractivity contribution in [3.8, 4) is 0 Å². The van der Waals surface area contributed by atoms with Crippen molar-refractivity contribution in [3.05, 3.63) is 12.2 Å². The fraction of sp³-hybridized carbons (Fsp3) is 0.906. The Morgan fingerprint density at radius 1 is 0.588 bits per heavy atom. The maximum Gasteiger partial charge on any atom is 0.135 e. The van der Waals surface area contributed by atoms with Crippen molar-refractivity contribution in [2.24, 2.45) is 41.4 Å². The van der Waals surface area contributed by atoms with Gasteiger partial charge in [0.05, 0.1) is 6.10 Å². The quantitative estimate of drug-likeness (QED) is 0.271. The Hall–Kier alpha value is -0.630. The fourth-order valence-corrected chi connectivity index (χ4v) is 2.13. The minimum atomic E-state index is 0. The van der Waals surface area contributed by atoms with Crippen LogP contribution >= 0.6 is 0 Å². The van der Waals surface area contributed by atoms with E-state index in [2.05, 4.69) is 109 Å². The van der Waals surface area contributed by atoms with Gasteiger partial charge in [-0.15, -0.1) is 0 Å². The topological polar surface area (TPSA) is 26.3 Å². The molecule has 0 aromatic rings. The van der Waals surface area contributed by atoms with E-state index in [0.29, 0.717) is 35.6 Å². The summed E-state index contributed by atoms with van der Waals surface area (Å²) in [7, 11) is 0. The van der Waals surface area contributed by atoms with Crippen LogP contribution in [0.2, 0.25) is 0 Å². The Bertz CT molecular complexity index is 371. The monoisotopic (exact) mass is 487 g/mol. The summed E-state index contributed by atoms with van der Waals surface area (Å²) in [5.74, 6) is 4.96. The molecule has 210 valence electrons. The Labute approximate surface area is 219 Å². The normalized spacial score (nSPS) is 11.1. The van der Waals surface area contributed by atoms with E-state index in [1.165, 1.54) is 12.8 Å². The van der Waals surface area contributed by atoms with Crippen molar-refractivity contribution in [2.75, 3.05) is 6.61 Å². The zero-order valence-electron chi connectivity index (χ0n) is 25.9. The van der Waals surface area contributed by atoms with Crippen LogP contribution in [0.1, 0.15) is 137 Å². The molecule has 0 aromatic heterocycles. The molecule has 0 N–H and O–H groups in total. The molecule has 0 bridgehead atoms. The summed E-state index contributed by atoms with van der Waals surface area (Å²) in [6.45, 7) is 35.2. The summed E-state index contributed by atoms with van der Waals surface area (Å²) in [6, 6.07) is 0. The molecule has 0 aliphatic carbocycles. The molecule has 0 spiro atoms. The zero-order valence-corrected chi connectivity index (χ0v) is 25.9. The van der Waals surface area contributed by atoms with Crippen LogP contribution in [0.3, 0.4) is 0 Å². The van der Waals surface area contributed by atoms with E-state index in [-0.39, 0.29) is 13.3 Å². The van der Waals surface area contributed by atoms with Crippen LogP contribution in [-0.2, 0) is 9.53 Å². The van der Waals surface area contributed by atoms with Gasteiger partial charge in [-0.05, 0) is 49.4 Å². The van der Waals surface area contributed by atoms with Gasteiger partial charge in [-0.3, -0.25) is 4.79 Å². The van der Waals surface area contributed by atoms with Gasteiger partial charge in [0.25, 0.3) is 0 Å². The van der Waals surface area contributed by atoms with Gasteiger partial charge in [0.2, 0.25) is 0 Å². The SMILES string of the molecule is C.CC(C)/C=C/C(C)C.CC(C)CC(=O)C(C)C.CC(C)CCC(C)C.CC(C)COC(C)C. The molecular formula is C32H70O2. The molecule has 0 fully saturated rings. The Kier molecular flexibility index (Phi) is 36.6. The molecule has 0 aromatic carbocycles. The van der Waals surface area contributed by atoms with E-state index in [9.17, 15) is 4.79 Å². The molecule has 0 rings (SSSR count). The van der Waals surface area contributed by atoms with Crippen LogP contribution in [0.25, 0.3) is 0 Å². The summed E-state index contributed by atoms with van der Waals surface area (Å²) < 4.78 is 5.30. The van der Waals surface area contributed by atoms with Gasteiger partial charge in [-0.2, -0.15) is 0 Å². The number of hydrogen-bond acceptors (Lipinski definition) is 2. The van der Waals surface area contributed by atoms with Crippen LogP contribution in [0.4, 0.5) is 0 Å². The summed E-state index contributed by atoms with van der Waals surface area (Å²) in [5, 5.41) is 0. The Morgan fingerprint density at radius 3 is 1.06 bits per heavy atom. The van der Waals surface area contributed by atoms with E-state index in [1.807, 2.05) is 13.8 Å². The van der Waals surface area contributed by atoms with Crippen molar-refractivity contribution < 1.29 is 9.53 Å². The van der Waals surface area contributed by atoms with Crippen molar-refractivity contribution in [1.82, 2.24) is 0 Å². The van der Waals surface area contributed by atoms with Gasteiger partial charge in [0, 0.05) is 18.9 Å². The standard InChI is InChI=1S/C8H16O.C8H18.C8H16.C7H16O.CH4/c1-6(2)5-8(9)7(3)4;2*1-7(2)5-6-8(3)4;1-6(2)5-8-7(3)4;/h6-7H,5H2,1-4H3;7-8H,5-6H2,1-4H3;5-8H,1-4H3;6-7H,5H2,1-4H3;1H4/b;;6-5+;;. The first-order valence-electron chi connectivity index (χ1n) is 13.7. The van der Waals surface area contributed by atoms with Crippen molar-refractivity contribution >= 4 is 5.78 Å². The minimum absolute atomic E-state index is 0. The third kappa shape index (κ3) is 57.8. The van der Waals surface area contributed by atoms with E-state index < -0.39 is 0 Å². The molecule has 0 unspecified atom stereocenters. The van der Waals surface area contributed by atoms with Gasteiger partial charge < -0.3 is 4.74 Å². The lowest BCUT2D eigenvalue weighted by Crippen LogP contribution is -2.09. The van der Waals surface area contributed by atoms with E-state index in [0.717, 1.165) is 24.9 Å². The second-order valence-electron chi connectivity index (χ2n) is 12.2. The summed E-state index contributed by atoms with van der Waals surface area (Å²) in [4.78, 5) is 11.0. The van der Waals surface area contributed by atoms with Crippen LogP contribution < -0.4 is 0 Å². The molecular weight excluding hydrogens is 416 g/mol. The maximum absolute atomic E-state index is 11.0. The highest BCUT2D eigenvalue weighted by Gasteiger charge is 2.08. The van der Waals surface area contributed by atoms with Crippen molar-refractivity contribution in [1.29, 1.82) is 0 Å². The Morgan fingerprint density at radius 2 is 0.941 bits per heavy atom. The largest absolute Gasteiger partial charge is 0.379 e. The molecule has 0 saturated heterocycles. The molecule has 0 aliphatic rings. The molecule has 2 nitrogen and oxygen atoms in total. The van der Waals surface area contributed by atoms with Gasteiger partial charge >= 0.3 is 0 Å². The molecule has 0 saturated carbocycles. The molecule has 0 amide bonds. The van der Waals surface area contributed by atoms with Crippen LogP contribution in [0.15, 0.2) is 12.2 Å². The molecule has 34 heavy (non-hydrogen) atoms. The van der Waals surface area contributed by atoms with Crippen molar-refractivity contribution in [3.63, 3.8) is 0 Å². The maximum atomic E-state index is 11.0. The predicted octanol–water partition coefficient (Wildman–Crippen LogP) is 10.9. The zero-order chi connectivity index (χ0) is 27.1. The molecule has 0 atom stereocenters. The number of allylic oxidation sites excluding steroid dienone is 2. The molecule has 0 radical (unpaired) electrons. The van der Waals surface area contributed by atoms with Crippen LogP contribution in [0.5, 0.6) is 0 Å². The van der Waals surface area contributed by atoms with E-state index in [1.54, 1.807) is 0 Å². The van der Waals surface area contributed by atoms with E-state index in [4.69, 9.17) is 4.74 Å². The lowest BCUT2D eigenvalue weighted by Gasteiger charge is -2.08. The molecule has 2 heteroatoms.